The molecule has 0 spiro atoms. The van der Waals surface area contributed by atoms with Gasteiger partial charge in [-0.3, -0.25) is 0 Å². The molecule has 0 radical (unpaired) electrons. The van der Waals surface area contributed by atoms with Crippen LogP contribution in [0.5, 0.6) is 0 Å². The van der Waals surface area contributed by atoms with Crippen LogP contribution in [0.15, 0.2) is 18.2 Å². The molecule has 1 heterocycles. The summed E-state index contributed by atoms with van der Waals surface area (Å²) in [5.41, 5.74) is 9.65. The van der Waals surface area contributed by atoms with Crippen LogP contribution in [0.4, 0.5) is 5.69 Å². The number of benzene rings is 1. The van der Waals surface area contributed by atoms with E-state index in [1.165, 1.54) is 29.9 Å². The molecule has 0 atom stereocenters. The summed E-state index contributed by atoms with van der Waals surface area (Å²) in [5.74, 6) is 1.66. The molecule has 2 heteroatoms. The number of nitrogens with two attached hydrogens (primary N) is 1. The van der Waals surface area contributed by atoms with Crippen molar-refractivity contribution in [2.24, 2.45) is 17.6 Å². The molecule has 88 valence electrons. The lowest BCUT2D eigenvalue weighted by Crippen LogP contribution is -2.49. The van der Waals surface area contributed by atoms with Gasteiger partial charge in [-0.1, -0.05) is 26.0 Å². The molecule has 1 saturated heterocycles. The van der Waals surface area contributed by atoms with Crippen LogP contribution in [-0.4, -0.2) is 13.1 Å². The molecule has 0 bridgehead atoms. The van der Waals surface area contributed by atoms with Gasteiger partial charge in [0.25, 0.3) is 0 Å². The summed E-state index contributed by atoms with van der Waals surface area (Å²) in [4.78, 5) is 2.47. The minimum atomic E-state index is 0.634. The zero-order valence-electron chi connectivity index (χ0n) is 10.5. The van der Waals surface area contributed by atoms with Crippen molar-refractivity contribution in [3.05, 3.63) is 29.3 Å². The predicted molar refractivity (Wildman–Crippen MR) is 69.6 cm³/mol. The quantitative estimate of drug-likeness (QED) is 0.845. The van der Waals surface area contributed by atoms with Gasteiger partial charge in [-0.05, 0) is 36.0 Å². The van der Waals surface area contributed by atoms with Crippen molar-refractivity contribution in [3.8, 4) is 0 Å². The fourth-order valence-corrected chi connectivity index (χ4v) is 2.25. The highest BCUT2D eigenvalue weighted by Gasteiger charge is 2.29. The lowest BCUT2D eigenvalue weighted by Gasteiger charge is -2.44. The van der Waals surface area contributed by atoms with Gasteiger partial charge in [0.15, 0.2) is 0 Å². The molecule has 0 unspecified atom stereocenters. The average molecular weight is 218 g/mol. The Labute approximate surface area is 98.4 Å². The van der Waals surface area contributed by atoms with E-state index in [-0.39, 0.29) is 0 Å². The predicted octanol–water partition coefficient (Wildman–Crippen LogP) is 2.55. The third-order valence-electron chi connectivity index (χ3n) is 3.70. The van der Waals surface area contributed by atoms with Crippen LogP contribution in [0, 0.1) is 18.8 Å². The Morgan fingerprint density at radius 2 is 2.06 bits per heavy atom. The summed E-state index contributed by atoms with van der Waals surface area (Å²) < 4.78 is 0. The van der Waals surface area contributed by atoms with E-state index in [0.717, 1.165) is 11.8 Å². The highest BCUT2D eigenvalue weighted by atomic mass is 15.2. The summed E-state index contributed by atoms with van der Waals surface area (Å²) in [7, 11) is 0. The maximum absolute atomic E-state index is 5.69. The van der Waals surface area contributed by atoms with Crippen LogP contribution >= 0.6 is 0 Å². The van der Waals surface area contributed by atoms with E-state index in [2.05, 4.69) is 43.9 Å². The number of nitrogens with zero attached hydrogens (tertiary/aromatic N) is 1. The molecule has 1 aliphatic heterocycles. The molecule has 0 amide bonds. The van der Waals surface area contributed by atoms with Gasteiger partial charge in [-0.25, -0.2) is 0 Å². The molecule has 0 saturated carbocycles. The SMILES string of the molecule is Cc1ccc(CN)cc1N1CC(C(C)C)C1. The van der Waals surface area contributed by atoms with Crippen molar-refractivity contribution in [3.63, 3.8) is 0 Å². The molecule has 16 heavy (non-hydrogen) atoms. The van der Waals surface area contributed by atoms with E-state index in [1.807, 2.05) is 0 Å². The van der Waals surface area contributed by atoms with Crippen LogP contribution in [-0.2, 0) is 6.54 Å². The molecular weight excluding hydrogens is 196 g/mol. The Bertz CT molecular complexity index is 365. The molecule has 0 aliphatic carbocycles. The third-order valence-corrected chi connectivity index (χ3v) is 3.70. The highest BCUT2D eigenvalue weighted by Crippen LogP contribution is 2.31. The molecular formula is C14H22N2. The van der Waals surface area contributed by atoms with Crippen LogP contribution in [0.25, 0.3) is 0 Å². The molecule has 2 rings (SSSR count). The summed E-state index contributed by atoms with van der Waals surface area (Å²) in [6.45, 7) is 9.84. The summed E-state index contributed by atoms with van der Waals surface area (Å²) in [5, 5.41) is 0. The Balaban J connectivity index is 2.10. The number of hydrogen-bond acceptors (Lipinski definition) is 2. The van der Waals surface area contributed by atoms with Crippen LogP contribution in [0.2, 0.25) is 0 Å². The Hall–Kier alpha value is -1.02. The molecule has 2 N–H and O–H groups in total. The first kappa shape index (κ1) is 11.5. The molecule has 1 aromatic rings. The van der Waals surface area contributed by atoms with Gasteiger partial charge in [0.1, 0.15) is 0 Å². The molecule has 0 aromatic heterocycles. The number of aryl methyl sites for hydroxylation is 1. The standard InChI is InChI=1S/C14H22N2/c1-10(2)13-8-16(9-13)14-6-12(7-15)5-4-11(14)3/h4-6,10,13H,7-9,15H2,1-3H3. The smallest absolute Gasteiger partial charge is 0.0399 e. The second-order valence-electron chi connectivity index (χ2n) is 5.23. The topological polar surface area (TPSA) is 29.3 Å². The fourth-order valence-electron chi connectivity index (χ4n) is 2.25. The van der Waals surface area contributed by atoms with Crippen LogP contribution in [0.1, 0.15) is 25.0 Å². The highest BCUT2D eigenvalue weighted by molar-refractivity contribution is 5.56. The minimum Gasteiger partial charge on any atom is -0.371 e. The minimum absolute atomic E-state index is 0.634. The zero-order chi connectivity index (χ0) is 11.7. The lowest BCUT2D eigenvalue weighted by atomic mass is 9.87. The summed E-state index contributed by atoms with van der Waals surface area (Å²) in [6.07, 6.45) is 0. The van der Waals surface area contributed by atoms with E-state index in [9.17, 15) is 0 Å². The molecule has 2 nitrogen and oxygen atoms in total. The first-order valence-electron chi connectivity index (χ1n) is 6.16. The van der Waals surface area contributed by atoms with Gasteiger partial charge in [0.2, 0.25) is 0 Å². The van der Waals surface area contributed by atoms with Crippen molar-refractivity contribution in [2.45, 2.75) is 27.3 Å². The maximum Gasteiger partial charge on any atom is 0.0399 e. The lowest BCUT2D eigenvalue weighted by molar-refractivity contribution is 0.309. The van der Waals surface area contributed by atoms with Crippen molar-refractivity contribution >= 4 is 5.69 Å². The van der Waals surface area contributed by atoms with E-state index in [4.69, 9.17) is 5.73 Å². The Morgan fingerprint density at radius 1 is 1.38 bits per heavy atom. The summed E-state index contributed by atoms with van der Waals surface area (Å²) in [6, 6.07) is 6.55. The third kappa shape index (κ3) is 2.07. The van der Waals surface area contributed by atoms with E-state index < -0.39 is 0 Å². The van der Waals surface area contributed by atoms with Crippen molar-refractivity contribution < 1.29 is 0 Å². The van der Waals surface area contributed by atoms with Crippen molar-refractivity contribution in [1.29, 1.82) is 0 Å². The summed E-state index contributed by atoms with van der Waals surface area (Å²) >= 11 is 0. The number of anilines is 1. The second-order valence-corrected chi connectivity index (χ2v) is 5.23. The first-order valence-corrected chi connectivity index (χ1v) is 6.16. The average Bonchev–Trinajstić information content (AvgIpc) is 2.18. The van der Waals surface area contributed by atoms with E-state index in [1.54, 1.807) is 0 Å². The van der Waals surface area contributed by atoms with Gasteiger partial charge in [0.05, 0.1) is 0 Å². The van der Waals surface area contributed by atoms with Gasteiger partial charge < -0.3 is 10.6 Å². The Kier molecular flexibility index (Phi) is 3.20. The largest absolute Gasteiger partial charge is 0.371 e. The van der Waals surface area contributed by atoms with E-state index >= 15 is 0 Å². The van der Waals surface area contributed by atoms with Gasteiger partial charge in [-0.15, -0.1) is 0 Å². The van der Waals surface area contributed by atoms with Gasteiger partial charge >= 0.3 is 0 Å². The van der Waals surface area contributed by atoms with Gasteiger partial charge in [0, 0.05) is 25.3 Å². The van der Waals surface area contributed by atoms with E-state index in [0.29, 0.717) is 6.54 Å². The second kappa shape index (κ2) is 4.46. The monoisotopic (exact) mass is 218 g/mol. The first-order chi connectivity index (χ1) is 7.61. The van der Waals surface area contributed by atoms with Crippen LogP contribution < -0.4 is 10.6 Å². The van der Waals surface area contributed by atoms with Crippen molar-refractivity contribution in [1.82, 2.24) is 0 Å². The zero-order valence-corrected chi connectivity index (χ0v) is 10.5. The number of hydrogen-bond donors (Lipinski definition) is 1. The normalized spacial score (nSPS) is 16.7. The van der Waals surface area contributed by atoms with Crippen molar-refractivity contribution in [2.75, 3.05) is 18.0 Å². The number of rotatable bonds is 3. The van der Waals surface area contributed by atoms with Gasteiger partial charge in [-0.2, -0.15) is 0 Å². The fraction of sp³-hybridized carbons (Fsp3) is 0.571. The van der Waals surface area contributed by atoms with Crippen LogP contribution in [0.3, 0.4) is 0 Å². The maximum atomic E-state index is 5.69. The molecule has 1 fully saturated rings. The Morgan fingerprint density at radius 3 is 2.62 bits per heavy atom. The molecule has 1 aliphatic rings. The molecule has 1 aromatic carbocycles.